The fraction of sp³-hybridized carbons (Fsp3) is 1.00. The normalized spacial score (nSPS) is 37.7. The molecule has 2 aliphatic rings. The highest BCUT2D eigenvalue weighted by Gasteiger charge is 2.32. The summed E-state index contributed by atoms with van der Waals surface area (Å²) in [7, 11) is 2.26. The molecule has 2 nitrogen and oxygen atoms in total. The third kappa shape index (κ3) is 3.48. The number of hydrogen-bond acceptors (Lipinski definition) is 2. The lowest BCUT2D eigenvalue weighted by Crippen LogP contribution is -2.52. The zero-order valence-electron chi connectivity index (χ0n) is 12.8. The Labute approximate surface area is 114 Å². The van der Waals surface area contributed by atoms with Gasteiger partial charge in [0.05, 0.1) is 0 Å². The predicted molar refractivity (Wildman–Crippen MR) is 78.9 cm³/mol. The molecule has 2 rings (SSSR count). The number of hydrogen-bond donors (Lipinski definition) is 1. The lowest BCUT2D eigenvalue weighted by Gasteiger charge is -2.42. The molecule has 1 aliphatic carbocycles. The first-order valence-electron chi connectivity index (χ1n) is 7.94. The highest BCUT2D eigenvalue weighted by atomic mass is 15.2. The van der Waals surface area contributed by atoms with Crippen LogP contribution in [-0.2, 0) is 0 Å². The summed E-state index contributed by atoms with van der Waals surface area (Å²) in [6.07, 6.45) is 8.51. The van der Waals surface area contributed by atoms with Crippen LogP contribution in [0.1, 0.15) is 59.3 Å². The van der Waals surface area contributed by atoms with Gasteiger partial charge in [-0.3, -0.25) is 0 Å². The quantitative estimate of drug-likeness (QED) is 0.829. The third-order valence-electron chi connectivity index (χ3n) is 5.46. The van der Waals surface area contributed by atoms with Crippen LogP contribution in [0.4, 0.5) is 0 Å². The summed E-state index contributed by atoms with van der Waals surface area (Å²) in [5.74, 6) is 0.790. The Bertz CT molecular complexity index is 258. The van der Waals surface area contributed by atoms with E-state index in [-0.39, 0.29) is 0 Å². The predicted octanol–water partition coefficient (Wildman–Crippen LogP) is 3.28. The van der Waals surface area contributed by atoms with Crippen molar-refractivity contribution < 1.29 is 0 Å². The average molecular weight is 252 g/mol. The van der Waals surface area contributed by atoms with Crippen molar-refractivity contribution in [1.29, 1.82) is 0 Å². The van der Waals surface area contributed by atoms with Gasteiger partial charge in [0.25, 0.3) is 0 Å². The molecule has 0 amide bonds. The summed E-state index contributed by atoms with van der Waals surface area (Å²) in [6, 6.07) is 1.47. The number of piperidine rings is 1. The number of likely N-dealkylation sites (tertiary alicyclic amines) is 1. The minimum absolute atomic E-state index is 0.574. The summed E-state index contributed by atoms with van der Waals surface area (Å²) in [5.41, 5.74) is 0.574. The molecule has 2 fully saturated rings. The summed E-state index contributed by atoms with van der Waals surface area (Å²) < 4.78 is 0. The van der Waals surface area contributed by atoms with E-state index in [1.165, 1.54) is 51.6 Å². The fourth-order valence-electron chi connectivity index (χ4n) is 3.79. The van der Waals surface area contributed by atoms with E-state index >= 15 is 0 Å². The van der Waals surface area contributed by atoms with E-state index in [1.54, 1.807) is 0 Å². The Morgan fingerprint density at radius 3 is 2.50 bits per heavy atom. The van der Waals surface area contributed by atoms with Crippen molar-refractivity contribution in [2.75, 3.05) is 20.1 Å². The molecule has 106 valence electrons. The van der Waals surface area contributed by atoms with Crippen LogP contribution < -0.4 is 5.32 Å². The Hall–Kier alpha value is -0.0800. The Balaban J connectivity index is 1.82. The standard InChI is InChI=1S/C16H32N2/c1-13-11-18(4)14(2)10-15(13)17-12-16(3)8-6-5-7-9-16/h13-15,17H,5-12H2,1-4H3. The van der Waals surface area contributed by atoms with Gasteiger partial charge < -0.3 is 10.2 Å². The molecular weight excluding hydrogens is 220 g/mol. The van der Waals surface area contributed by atoms with Crippen molar-refractivity contribution in [2.24, 2.45) is 11.3 Å². The molecule has 0 aromatic rings. The molecule has 1 saturated carbocycles. The molecule has 0 aromatic heterocycles. The minimum atomic E-state index is 0.574. The first kappa shape index (κ1) is 14.3. The van der Waals surface area contributed by atoms with E-state index in [0.717, 1.165) is 18.0 Å². The van der Waals surface area contributed by atoms with E-state index in [4.69, 9.17) is 0 Å². The third-order valence-corrected chi connectivity index (χ3v) is 5.46. The molecule has 1 N–H and O–H groups in total. The van der Waals surface area contributed by atoms with Crippen molar-refractivity contribution in [3.05, 3.63) is 0 Å². The second-order valence-corrected chi connectivity index (χ2v) is 7.36. The Morgan fingerprint density at radius 1 is 1.17 bits per heavy atom. The highest BCUT2D eigenvalue weighted by molar-refractivity contribution is 4.89. The van der Waals surface area contributed by atoms with Crippen LogP contribution in [0.2, 0.25) is 0 Å². The molecule has 0 radical (unpaired) electrons. The fourth-order valence-corrected chi connectivity index (χ4v) is 3.79. The summed E-state index contributed by atoms with van der Waals surface area (Å²) in [4.78, 5) is 2.51. The largest absolute Gasteiger partial charge is 0.313 e. The van der Waals surface area contributed by atoms with E-state index in [9.17, 15) is 0 Å². The molecule has 0 aromatic carbocycles. The number of nitrogens with zero attached hydrogens (tertiary/aromatic N) is 1. The van der Waals surface area contributed by atoms with E-state index in [2.05, 4.69) is 38.0 Å². The maximum atomic E-state index is 3.91. The van der Waals surface area contributed by atoms with E-state index < -0.39 is 0 Å². The molecule has 18 heavy (non-hydrogen) atoms. The van der Waals surface area contributed by atoms with Crippen molar-refractivity contribution in [2.45, 2.75) is 71.4 Å². The van der Waals surface area contributed by atoms with Crippen LogP contribution >= 0.6 is 0 Å². The zero-order valence-corrected chi connectivity index (χ0v) is 12.8. The van der Waals surface area contributed by atoms with Crippen LogP contribution in [-0.4, -0.2) is 37.1 Å². The second kappa shape index (κ2) is 5.92. The maximum Gasteiger partial charge on any atom is 0.0120 e. The van der Waals surface area contributed by atoms with E-state index in [1.807, 2.05) is 0 Å². The number of nitrogens with one attached hydrogen (secondary N) is 1. The second-order valence-electron chi connectivity index (χ2n) is 7.36. The first-order chi connectivity index (χ1) is 8.50. The SMILES string of the molecule is CC1CN(C)C(C)CC1NCC1(C)CCCCC1. The summed E-state index contributed by atoms with van der Waals surface area (Å²) in [6.45, 7) is 9.74. The molecule has 0 bridgehead atoms. The van der Waals surface area contributed by atoms with Crippen LogP contribution in [0.5, 0.6) is 0 Å². The molecule has 3 unspecified atom stereocenters. The van der Waals surface area contributed by atoms with Crippen LogP contribution in [0.3, 0.4) is 0 Å². The van der Waals surface area contributed by atoms with Gasteiger partial charge in [-0.05, 0) is 44.6 Å². The molecule has 0 spiro atoms. The van der Waals surface area contributed by atoms with Gasteiger partial charge in [-0.1, -0.05) is 33.1 Å². The Kier molecular flexibility index (Phi) is 4.71. The lowest BCUT2D eigenvalue weighted by atomic mass is 9.75. The monoisotopic (exact) mass is 252 g/mol. The topological polar surface area (TPSA) is 15.3 Å². The molecule has 1 heterocycles. The minimum Gasteiger partial charge on any atom is -0.313 e. The van der Waals surface area contributed by atoms with Gasteiger partial charge in [-0.15, -0.1) is 0 Å². The van der Waals surface area contributed by atoms with Gasteiger partial charge in [0.1, 0.15) is 0 Å². The van der Waals surface area contributed by atoms with Gasteiger partial charge >= 0.3 is 0 Å². The van der Waals surface area contributed by atoms with Gasteiger partial charge in [0, 0.05) is 25.2 Å². The lowest BCUT2D eigenvalue weighted by molar-refractivity contribution is 0.107. The summed E-state index contributed by atoms with van der Waals surface area (Å²) in [5, 5.41) is 3.91. The van der Waals surface area contributed by atoms with Gasteiger partial charge in [-0.25, -0.2) is 0 Å². The van der Waals surface area contributed by atoms with Gasteiger partial charge in [0.15, 0.2) is 0 Å². The number of rotatable bonds is 3. The van der Waals surface area contributed by atoms with E-state index in [0.29, 0.717) is 5.41 Å². The van der Waals surface area contributed by atoms with Crippen molar-refractivity contribution >= 4 is 0 Å². The van der Waals surface area contributed by atoms with Crippen LogP contribution in [0, 0.1) is 11.3 Å². The molecule has 3 atom stereocenters. The summed E-state index contributed by atoms with van der Waals surface area (Å²) >= 11 is 0. The van der Waals surface area contributed by atoms with Gasteiger partial charge in [-0.2, -0.15) is 0 Å². The molecular formula is C16H32N2. The average Bonchev–Trinajstić information content (AvgIpc) is 2.33. The van der Waals surface area contributed by atoms with Crippen molar-refractivity contribution in [1.82, 2.24) is 10.2 Å². The first-order valence-corrected chi connectivity index (χ1v) is 7.94. The highest BCUT2D eigenvalue weighted by Crippen LogP contribution is 2.35. The zero-order chi connectivity index (χ0) is 13.2. The van der Waals surface area contributed by atoms with Gasteiger partial charge in [0.2, 0.25) is 0 Å². The van der Waals surface area contributed by atoms with Crippen molar-refractivity contribution in [3.8, 4) is 0 Å². The maximum absolute atomic E-state index is 3.91. The smallest absolute Gasteiger partial charge is 0.0120 e. The van der Waals surface area contributed by atoms with Crippen LogP contribution in [0.25, 0.3) is 0 Å². The Morgan fingerprint density at radius 2 is 1.83 bits per heavy atom. The molecule has 2 heteroatoms. The molecule has 1 saturated heterocycles. The molecule has 1 aliphatic heterocycles. The van der Waals surface area contributed by atoms with Crippen LogP contribution in [0.15, 0.2) is 0 Å². The van der Waals surface area contributed by atoms with Crippen molar-refractivity contribution in [3.63, 3.8) is 0 Å².